The summed E-state index contributed by atoms with van der Waals surface area (Å²) < 4.78 is 7.74. The van der Waals surface area contributed by atoms with Gasteiger partial charge in [-0.1, -0.05) is 12.8 Å². The van der Waals surface area contributed by atoms with Crippen molar-refractivity contribution in [2.75, 3.05) is 0 Å². The fourth-order valence-electron chi connectivity index (χ4n) is 4.13. The summed E-state index contributed by atoms with van der Waals surface area (Å²) in [4.78, 5) is 12.5. The highest BCUT2D eigenvalue weighted by Crippen LogP contribution is 2.40. The van der Waals surface area contributed by atoms with Gasteiger partial charge in [-0.3, -0.25) is 4.79 Å². The lowest BCUT2D eigenvalue weighted by molar-refractivity contribution is 0.383. The Kier molecular flexibility index (Phi) is 2.89. The Hall–Kier alpha value is -2.95. The second-order valence-electron chi connectivity index (χ2n) is 6.81. The van der Waals surface area contributed by atoms with E-state index in [9.17, 15) is 15.0 Å². The summed E-state index contributed by atoms with van der Waals surface area (Å²) in [6, 6.07) is 8.20. The quantitative estimate of drug-likeness (QED) is 0.399. The maximum atomic E-state index is 12.5. The van der Waals surface area contributed by atoms with E-state index in [0.717, 1.165) is 36.5 Å². The number of rotatable bonds is 1. The van der Waals surface area contributed by atoms with Gasteiger partial charge in [0.25, 0.3) is 0 Å². The van der Waals surface area contributed by atoms with Gasteiger partial charge in [0.05, 0.1) is 5.39 Å². The molecule has 126 valence electrons. The molecule has 0 saturated heterocycles. The summed E-state index contributed by atoms with van der Waals surface area (Å²) in [5, 5.41) is 23.2. The van der Waals surface area contributed by atoms with Crippen LogP contribution in [0.4, 0.5) is 0 Å². The minimum atomic E-state index is -0.225. The predicted octanol–water partition coefficient (Wildman–Crippen LogP) is 4.43. The zero-order valence-corrected chi connectivity index (χ0v) is 13.5. The summed E-state index contributed by atoms with van der Waals surface area (Å²) in [5.41, 5.74) is 0.961. The van der Waals surface area contributed by atoms with Crippen LogP contribution in [-0.2, 0) is 0 Å². The van der Waals surface area contributed by atoms with Gasteiger partial charge in [0, 0.05) is 28.4 Å². The minimum Gasteiger partial charge on any atom is -0.508 e. The molecule has 5 rings (SSSR count). The second kappa shape index (κ2) is 5.02. The van der Waals surface area contributed by atoms with Gasteiger partial charge < -0.3 is 19.2 Å². The topological polar surface area (TPSA) is 75.6 Å². The smallest absolute Gasteiger partial charge is 0.203 e. The average molecular weight is 335 g/mol. The molecule has 0 amide bonds. The number of phenols is 1. The van der Waals surface area contributed by atoms with Crippen LogP contribution in [-0.4, -0.2) is 14.8 Å². The third-order valence-corrected chi connectivity index (χ3v) is 5.33. The Labute approximate surface area is 142 Å². The first-order chi connectivity index (χ1) is 12.1. The number of pyridine rings is 1. The molecule has 1 saturated carbocycles. The molecule has 5 heteroatoms. The standard InChI is InChI=1S/C20H17NO4/c22-12-5-7-16-13(9-12)14-10-21(11-3-1-2-4-11)20(24)19-15(23)6-8-17(25-16)18(14)19/h5-11,22,24H,1-4H2. The summed E-state index contributed by atoms with van der Waals surface area (Å²) in [6.07, 6.45) is 6.11. The fourth-order valence-corrected chi connectivity index (χ4v) is 4.13. The van der Waals surface area contributed by atoms with Crippen LogP contribution in [0.5, 0.6) is 11.6 Å². The lowest BCUT2D eigenvalue weighted by atomic mass is 10.0. The lowest BCUT2D eigenvalue weighted by Crippen LogP contribution is -2.10. The fraction of sp³-hybridized carbons (Fsp3) is 0.250. The van der Waals surface area contributed by atoms with Crippen molar-refractivity contribution < 1.29 is 14.6 Å². The molecule has 0 atom stereocenters. The Morgan fingerprint density at radius 1 is 0.960 bits per heavy atom. The Bertz CT molecular complexity index is 1200. The Balaban J connectivity index is 2.03. The van der Waals surface area contributed by atoms with Crippen LogP contribution in [0.2, 0.25) is 0 Å². The normalized spacial score (nSPS) is 15.7. The molecule has 1 aliphatic rings. The van der Waals surface area contributed by atoms with E-state index in [1.165, 1.54) is 6.07 Å². The third kappa shape index (κ3) is 1.98. The molecule has 4 aromatic rings. The van der Waals surface area contributed by atoms with Crippen LogP contribution in [0.1, 0.15) is 31.7 Å². The molecule has 2 heterocycles. The summed E-state index contributed by atoms with van der Waals surface area (Å²) in [6.45, 7) is 0. The molecule has 2 aromatic carbocycles. The number of phenolic OH excluding ortho intramolecular Hbond substituents is 1. The van der Waals surface area contributed by atoms with Gasteiger partial charge in [-0.2, -0.15) is 0 Å². The first-order valence-electron chi connectivity index (χ1n) is 8.55. The van der Waals surface area contributed by atoms with E-state index in [2.05, 4.69) is 0 Å². The van der Waals surface area contributed by atoms with Crippen LogP contribution in [0.3, 0.4) is 0 Å². The van der Waals surface area contributed by atoms with Gasteiger partial charge in [0.2, 0.25) is 5.88 Å². The van der Waals surface area contributed by atoms with E-state index in [4.69, 9.17) is 4.42 Å². The molecule has 0 radical (unpaired) electrons. The third-order valence-electron chi connectivity index (χ3n) is 5.33. The first kappa shape index (κ1) is 14.4. The van der Waals surface area contributed by atoms with Crippen molar-refractivity contribution in [3.05, 3.63) is 46.8 Å². The number of hydrogen-bond donors (Lipinski definition) is 2. The highest BCUT2D eigenvalue weighted by molar-refractivity contribution is 6.18. The van der Waals surface area contributed by atoms with Gasteiger partial charge >= 0.3 is 0 Å². The van der Waals surface area contributed by atoms with Crippen molar-refractivity contribution in [3.63, 3.8) is 0 Å². The van der Waals surface area contributed by atoms with E-state index in [1.54, 1.807) is 24.3 Å². The minimum absolute atomic E-state index is 0.00435. The van der Waals surface area contributed by atoms with Gasteiger partial charge in [-0.15, -0.1) is 0 Å². The number of aromatic nitrogens is 1. The summed E-state index contributed by atoms with van der Waals surface area (Å²) in [5.74, 6) is 0.141. The van der Waals surface area contributed by atoms with Gasteiger partial charge in [0.1, 0.15) is 16.9 Å². The molecule has 0 spiro atoms. The van der Waals surface area contributed by atoms with Crippen LogP contribution >= 0.6 is 0 Å². The SMILES string of the molecule is O=c1ccc2oc3ccc(O)cc3c3cn(C4CCCC4)c(O)c1c23. The molecule has 2 aromatic heterocycles. The number of nitrogens with zero attached hydrogens (tertiary/aromatic N) is 1. The lowest BCUT2D eigenvalue weighted by Gasteiger charge is -2.20. The van der Waals surface area contributed by atoms with Crippen LogP contribution in [0.15, 0.2) is 45.7 Å². The molecular formula is C20H17NO4. The Morgan fingerprint density at radius 3 is 2.52 bits per heavy atom. The van der Waals surface area contributed by atoms with E-state index >= 15 is 0 Å². The van der Waals surface area contributed by atoms with Crippen LogP contribution in [0, 0.1) is 0 Å². The molecule has 1 fully saturated rings. The molecule has 0 unspecified atom stereocenters. The zero-order valence-electron chi connectivity index (χ0n) is 13.5. The summed E-state index contributed by atoms with van der Waals surface area (Å²) >= 11 is 0. The van der Waals surface area contributed by atoms with Crippen molar-refractivity contribution in [2.24, 2.45) is 0 Å². The Morgan fingerprint density at radius 2 is 1.72 bits per heavy atom. The van der Waals surface area contributed by atoms with E-state index < -0.39 is 0 Å². The van der Waals surface area contributed by atoms with Crippen molar-refractivity contribution in [1.29, 1.82) is 0 Å². The van der Waals surface area contributed by atoms with Crippen molar-refractivity contribution in [3.8, 4) is 11.6 Å². The molecular weight excluding hydrogens is 318 g/mol. The van der Waals surface area contributed by atoms with Crippen molar-refractivity contribution >= 4 is 32.7 Å². The van der Waals surface area contributed by atoms with Crippen LogP contribution < -0.4 is 5.43 Å². The maximum absolute atomic E-state index is 12.5. The zero-order chi connectivity index (χ0) is 17.1. The largest absolute Gasteiger partial charge is 0.508 e. The molecule has 2 N–H and O–H groups in total. The van der Waals surface area contributed by atoms with Gasteiger partial charge in [-0.05, 0) is 43.2 Å². The summed E-state index contributed by atoms with van der Waals surface area (Å²) in [7, 11) is 0. The molecule has 5 nitrogen and oxygen atoms in total. The number of aromatic hydroxyl groups is 2. The van der Waals surface area contributed by atoms with E-state index in [1.807, 2.05) is 10.8 Å². The molecule has 1 aliphatic carbocycles. The molecule has 0 bridgehead atoms. The number of hydrogen-bond acceptors (Lipinski definition) is 4. The second-order valence-corrected chi connectivity index (χ2v) is 6.81. The first-order valence-corrected chi connectivity index (χ1v) is 8.55. The molecule has 25 heavy (non-hydrogen) atoms. The predicted molar refractivity (Wildman–Crippen MR) is 96.3 cm³/mol. The van der Waals surface area contributed by atoms with Crippen LogP contribution in [0.25, 0.3) is 32.7 Å². The van der Waals surface area contributed by atoms with Gasteiger partial charge in [-0.25, -0.2) is 0 Å². The maximum Gasteiger partial charge on any atom is 0.203 e. The number of benzene rings is 2. The van der Waals surface area contributed by atoms with Gasteiger partial charge in [0.15, 0.2) is 5.43 Å². The van der Waals surface area contributed by atoms with Crippen molar-refractivity contribution in [1.82, 2.24) is 4.57 Å². The highest BCUT2D eigenvalue weighted by atomic mass is 16.3. The number of fused-ring (bicyclic) bond motifs is 2. The van der Waals surface area contributed by atoms with Crippen molar-refractivity contribution in [2.45, 2.75) is 31.7 Å². The highest BCUT2D eigenvalue weighted by Gasteiger charge is 2.23. The molecule has 0 aliphatic heterocycles. The average Bonchev–Trinajstić information content (AvgIpc) is 3.13. The van der Waals surface area contributed by atoms with E-state index in [-0.39, 0.29) is 28.5 Å². The monoisotopic (exact) mass is 335 g/mol. The van der Waals surface area contributed by atoms with E-state index in [0.29, 0.717) is 16.6 Å².